The minimum Gasteiger partial charge on any atom is -0.344 e. The molecule has 0 aromatic heterocycles. The van der Waals surface area contributed by atoms with Crippen molar-refractivity contribution in [3.8, 4) is 0 Å². The first-order valence-electron chi connectivity index (χ1n) is 4.13. The van der Waals surface area contributed by atoms with Crippen LogP contribution in [0.3, 0.4) is 0 Å². The average Bonchev–Trinajstić information content (AvgIpc) is 1.79. The van der Waals surface area contributed by atoms with E-state index in [0.717, 1.165) is 19.3 Å². The van der Waals surface area contributed by atoms with E-state index in [9.17, 15) is 0 Å². The van der Waals surface area contributed by atoms with Crippen LogP contribution in [0.1, 0.15) is 39.5 Å². The largest absolute Gasteiger partial charge is 0.344 e. The molecular formula is C8H18O3. The molecule has 0 aliphatic heterocycles. The lowest BCUT2D eigenvalue weighted by molar-refractivity contribution is -0.319. The molecule has 68 valence electrons. The molecule has 0 rings (SSSR count). The Morgan fingerprint density at radius 1 is 1.27 bits per heavy atom. The van der Waals surface area contributed by atoms with Crippen LogP contribution in [0.25, 0.3) is 0 Å². The van der Waals surface area contributed by atoms with Crippen LogP contribution in [0.5, 0.6) is 0 Å². The van der Waals surface area contributed by atoms with Crippen molar-refractivity contribution in [2.45, 2.75) is 45.5 Å². The Morgan fingerprint density at radius 3 is 2.18 bits per heavy atom. The topological polar surface area (TPSA) is 60.7 Å². The van der Waals surface area contributed by atoms with Crippen LogP contribution in [-0.4, -0.2) is 21.3 Å². The summed E-state index contributed by atoms with van der Waals surface area (Å²) in [5.41, 5.74) is 0. The number of hydrogen-bond acceptors (Lipinski definition) is 3. The molecule has 3 nitrogen and oxygen atoms in total. The van der Waals surface area contributed by atoms with Crippen LogP contribution >= 0.6 is 0 Å². The molecule has 0 saturated heterocycles. The van der Waals surface area contributed by atoms with E-state index in [1.165, 1.54) is 0 Å². The summed E-state index contributed by atoms with van der Waals surface area (Å²) in [5, 5.41) is 25.8. The highest BCUT2D eigenvalue weighted by Crippen LogP contribution is 2.16. The molecule has 0 aromatic carbocycles. The van der Waals surface area contributed by atoms with E-state index >= 15 is 0 Å². The van der Waals surface area contributed by atoms with Gasteiger partial charge in [-0.2, -0.15) is 0 Å². The van der Waals surface area contributed by atoms with Crippen LogP contribution in [0.4, 0.5) is 0 Å². The van der Waals surface area contributed by atoms with Gasteiger partial charge in [0.1, 0.15) is 0 Å². The standard InChI is InChI=1S/C8H18O3/c1-3-4-5-7(2)6-8(9,10)11/h7,9-11H,3-6H2,1-2H3. The molecule has 0 fully saturated rings. The molecule has 11 heavy (non-hydrogen) atoms. The van der Waals surface area contributed by atoms with Gasteiger partial charge in [-0.1, -0.05) is 33.1 Å². The van der Waals surface area contributed by atoms with Crippen molar-refractivity contribution in [1.82, 2.24) is 0 Å². The van der Waals surface area contributed by atoms with Crippen LogP contribution < -0.4 is 0 Å². The summed E-state index contributed by atoms with van der Waals surface area (Å²) in [7, 11) is 0. The van der Waals surface area contributed by atoms with Gasteiger partial charge in [0.25, 0.3) is 5.97 Å². The maximum Gasteiger partial charge on any atom is 0.275 e. The maximum absolute atomic E-state index is 8.60. The first-order valence-corrected chi connectivity index (χ1v) is 4.13. The Hall–Kier alpha value is -0.120. The van der Waals surface area contributed by atoms with Gasteiger partial charge >= 0.3 is 0 Å². The highest BCUT2D eigenvalue weighted by molar-refractivity contribution is 4.57. The van der Waals surface area contributed by atoms with Crippen LogP contribution in [0.2, 0.25) is 0 Å². The lowest BCUT2D eigenvalue weighted by atomic mass is 10.00. The van der Waals surface area contributed by atoms with E-state index in [1.807, 2.05) is 6.92 Å². The van der Waals surface area contributed by atoms with Gasteiger partial charge in [-0.3, -0.25) is 0 Å². The first-order chi connectivity index (χ1) is 4.95. The number of hydrogen-bond donors (Lipinski definition) is 3. The lowest BCUT2D eigenvalue weighted by Crippen LogP contribution is -2.29. The van der Waals surface area contributed by atoms with Crippen LogP contribution in [-0.2, 0) is 0 Å². The van der Waals surface area contributed by atoms with Crippen molar-refractivity contribution in [2.75, 3.05) is 0 Å². The second-order valence-corrected chi connectivity index (χ2v) is 3.23. The predicted octanol–water partition coefficient (Wildman–Crippen LogP) is 0.833. The smallest absolute Gasteiger partial charge is 0.275 e. The second kappa shape index (κ2) is 4.70. The van der Waals surface area contributed by atoms with Gasteiger partial charge in [0.05, 0.1) is 0 Å². The summed E-state index contributed by atoms with van der Waals surface area (Å²) >= 11 is 0. The molecule has 0 aliphatic rings. The monoisotopic (exact) mass is 162 g/mol. The van der Waals surface area contributed by atoms with Crippen molar-refractivity contribution in [3.05, 3.63) is 0 Å². The molecule has 1 unspecified atom stereocenters. The fraction of sp³-hybridized carbons (Fsp3) is 1.00. The Bertz CT molecular complexity index is 96.0. The van der Waals surface area contributed by atoms with Gasteiger partial charge in [0.2, 0.25) is 0 Å². The summed E-state index contributed by atoms with van der Waals surface area (Å²) in [4.78, 5) is 0. The molecule has 0 aliphatic carbocycles. The zero-order valence-electron chi connectivity index (χ0n) is 7.25. The molecule has 3 heteroatoms. The molecule has 0 aromatic rings. The summed E-state index contributed by atoms with van der Waals surface area (Å²) in [6.07, 6.45) is 3.13. The second-order valence-electron chi connectivity index (χ2n) is 3.23. The average molecular weight is 162 g/mol. The first kappa shape index (κ1) is 10.9. The minimum atomic E-state index is -2.48. The third-order valence-corrected chi connectivity index (χ3v) is 1.67. The SMILES string of the molecule is CCCCC(C)CC(O)(O)O. The van der Waals surface area contributed by atoms with Crippen molar-refractivity contribution < 1.29 is 15.3 Å². The maximum atomic E-state index is 8.60. The third-order valence-electron chi connectivity index (χ3n) is 1.67. The molecule has 3 N–H and O–H groups in total. The molecule has 0 radical (unpaired) electrons. The molecule has 0 spiro atoms. The quantitative estimate of drug-likeness (QED) is 0.525. The molecule has 0 saturated carbocycles. The molecule has 1 atom stereocenters. The number of unbranched alkanes of at least 4 members (excludes halogenated alkanes) is 1. The summed E-state index contributed by atoms with van der Waals surface area (Å²) in [6, 6.07) is 0. The molecule has 0 bridgehead atoms. The molecule has 0 amide bonds. The highest BCUT2D eigenvalue weighted by atomic mass is 16.7. The molecular weight excluding hydrogens is 144 g/mol. The fourth-order valence-electron chi connectivity index (χ4n) is 1.12. The Morgan fingerprint density at radius 2 is 1.82 bits per heavy atom. The van der Waals surface area contributed by atoms with Gasteiger partial charge in [0.15, 0.2) is 0 Å². The zero-order valence-corrected chi connectivity index (χ0v) is 7.25. The minimum absolute atomic E-state index is 0.0347. The van der Waals surface area contributed by atoms with E-state index in [0.29, 0.717) is 0 Å². The van der Waals surface area contributed by atoms with Gasteiger partial charge in [0, 0.05) is 6.42 Å². The van der Waals surface area contributed by atoms with E-state index in [-0.39, 0.29) is 12.3 Å². The van der Waals surface area contributed by atoms with Crippen molar-refractivity contribution in [1.29, 1.82) is 0 Å². The van der Waals surface area contributed by atoms with Gasteiger partial charge in [-0.25, -0.2) is 0 Å². The summed E-state index contributed by atoms with van der Waals surface area (Å²) in [5.74, 6) is -2.32. The fourth-order valence-corrected chi connectivity index (χ4v) is 1.12. The zero-order chi connectivity index (χ0) is 8.91. The van der Waals surface area contributed by atoms with Crippen molar-refractivity contribution >= 4 is 0 Å². The van der Waals surface area contributed by atoms with Gasteiger partial charge < -0.3 is 15.3 Å². The van der Waals surface area contributed by atoms with E-state index in [1.54, 1.807) is 0 Å². The molecule has 0 heterocycles. The van der Waals surface area contributed by atoms with Crippen LogP contribution in [0, 0.1) is 5.92 Å². The number of rotatable bonds is 5. The van der Waals surface area contributed by atoms with Crippen LogP contribution in [0.15, 0.2) is 0 Å². The Balaban J connectivity index is 3.44. The number of aliphatic hydroxyl groups is 3. The van der Waals surface area contributed by atoms with Gasteiger partial charge in [-0.15, -0.1) is 0 Å². The van der Waals surface area contributed by atoms with E-state index in [4.69, 9.17) is 15.3 Å². The Kier molecular flexibility index (Phi) is 4.65. The normalized spacial score (nSPS) is 15.0. The lowest BCUT2D eigenvalue weighted by Gasteiger charge is -2.18. The van der Waals surface area contributed by atoms with Crippen molar-refractivity contribution in [2.24, 2.45) is 5.92 Å². The predicted molar refractivity (Wildman–Crippen MR) is 42.7 cm³/mol. The Labute approximate surface area is 67.7 Å². The van der Waals surface area contributed by atoms with E-state index in [2.05, 4.69) is 6.92 Å². The third kappa shape index (κ3) is 7.78. The van der Waals surface area contributed by atoms with Gasteiger partial charge in [-0.05, 0) is 5.92 Å². The van der Waals surface area contributed by atoms with E-state index < -0.39 is 5.97 Å². The van der Waals surface area contributed by atoms with Crippen molar-refractivity contribution in [3.63, 3.8) is 0 Å². The summed E-state index contributed by atoms with van der Waals surface area (Å²) < 4.78 is 0. The highest BCUT2D eigenvalue weighted by Gasteiger charge is 2.21. The summed E-state index contributed by atoms with van der Waals surface area (Å²) in [6.45, 7) is 3.98.